The molecule has 0 spiro atoms. The van der Waals surface area contributed by atoms with E-state index in [4.69, 9.17) is 9.47 Å². The van der Waals surface area contributed by atoms with Gasteiger partial charge in [0.1, 0.15) is 5.82 Å². The van der Waals surface area contributed by atoms with Gasteiger partial charge in [-0.15, -0.1) is 0 Å². The Morgan fingerprint density at radius 1 is 1.33 bits per heavy atom. The number of aromatic nitrogens is 2. The van der Waals surface area contributed by atoms with Crippen LogP contribution in [0.25, 0.3) is 11.0 Å². The molecule has 0 bridgehead atoms. The van der Waals surface area contributed by atoms with Crippen molar-refractivity contribution in [1.29, 1.82) is 0 Å². The van der Waals surface area contributed by atoms with Crippen LogP contribution in [0, 0.1) is 0 Å². The van der Waals surface area contributed by atoms with E-state index in [-0.39, 0.29) is 12.6 Å². The van der Waals surface area contributed by atoms with Gasteiger partial charge in [-0.1, -0.05) is 12.1 Å². The molecule has 1 N–H and O–H groups in total. The molecule has 4 nitrogen and oxygen atoms in total. The number of fused-ring (bicyclic) bond motifs is 1. The largest absolute Gasteiger partial charge is 0.342 e. The smallest absolute Gasteiger partial charge is 0.170 e. The summed E-state index contributed by atoms with van der Waals surface area (Å²) in [7, 11) is 0. The number of aromatic amines is 1. The molecule has 2 aromatic rings. The van der Waals surface area contributed by atoms with Crippen molar-refractivity contribution in [3.63, 3.8) is 0 Å². The van der Waals surface area contributed by atoms with Gasteiger partial charge in [-0.3, -0.25) is 0 Å². The molecule has 1 aromatic heterocycles. The number of imidazole rings is 1. The molecular formula is C11H12N2O2. The lowest BCUT2D eigenvalue weighted by atomic mass is 10.3. The summed E-state index contributed by atoms with van der Waals surface area (Å²) in [6.45, 7) is 1.88. The Labute approximate surface area is 87.2 Å². The topological polar surface area (TPSA) is 47.1 Å². The third-order valence-corrected chi connectivity index (χ3v) is 2.49. The number of hydrogen-bond acceptors (Lipinski definition) is 3. The number of hydrogen-bond donors (Lipinski definition) is 1. The molecule has 3 rings (SSSR count). The predicted molar refractivity (Wildman–Crippen MR) is 55.2 cm³/mol. The maximum Gasteiger partial charge on any atom is 0.170 e. The molecule has 1 saturated heterocycles. The molecular weight excluding hydrogens is 192 g/mol. The van der Waals surface area contributed by atoms with Gasteiger partial charge in [0.05, 0.1) is 17.5 Å². The first-order valence-electron chi connectivity index (χ1n) is 5.06. The van der Waals surface area contributed by atoms with Crippen molar-refractivity contribution in [2.45, 2.75) is 25.9 Å². The van der Waals surface area contributed by atoms with Gasteiger partial charge in [0.2, 0.25) is 0 Å². The van der Waals surface area contributed by atoms with Crippen molar-refractivity contribution in [2.75, 3.05) is 0 Å². The van der Waals surface area contributed by atoms with Crippen molar-refractivity contribution >= 4 is 11.0 Å². The van der Waals surface area contributed by atoms with Crippen LogP contribution in [0.3, 0.4) is 0 Å². The number of para-hydroxylation sites is 2. The molecule has 0 atom stereocenters. The van der Waals surface area contributed by atoms with E-state index >= 15 is 0 Å². The number of rotatable bonds is 2. The van der Waals surface area contributed by atoms with Crippen LogP contribution in [0.1, 0.15) is 12.7 Å². The lowest BCUT2D eigenvalue weighted by Gasteiger charge is -2.33. The number of nitrogens with one attached hydrogen (secondary N) is 1. The second kappa shape index (κ2) is 3.32. The lowest BCUT2D eigenvalue weighted by molar-refractivity contribution is -0.374. The fourth-order valence-corrected chi connectivity index (χ4v) is 1.79. The Morgan fingerprint density at radius 3 is 2.87 bits per heavy atom. The van der Waals surface area contributed by atoms with E-state index in [0.717, 1.165) is 16.9 Å². The van der Waals surface area contributed by atoms with Gasteiger partial charge in [0, 0.05) is 0 Å². The molecule has 4 heteroatoms. The Balaban J connectivity index is 1.80. The Morgan fingerprint density at radius 2 is 2.13 bits per heavy atom. The van der Waals surface area contributed by atoms with Crippen molar-refractivity contribution in [3.8, 4) is 0 Å². The summed E-state index contributed by atoms with van der Waals surface area (Å²) in [6.07, 6.45) is 0.471. The normalized spacial score (nSPS) is 25.4. The molecule has 78 valence electrons. The summed E-state index contributed by atoms with van der Waals surface area (Å²) in [5.41, 5.74) is 2.04. The Bertz CT molecular complexity index is 441. The zero-order valence-electron chi connectivity index (χ0n) is 8.43. The van der Waals surface area contributed by atoms with Crippen LogP contribution in [0.15, 0.2) is 24.3 Å². The first-order valence-corrected chi connectivity index (χ1v) is 5.06. The number of ether oxygens (including phenoxy) is 2. The van der Waals surface area contributed by atoms with Crippen LogP contribution in [0.4, 0.5) is 0 Å². The van der Waals surface area contributed by atoms with E-state index in [2.05, 4.69) is 9.97 Å². The molecule has 0 aliphatic carbocycles. The van der Waals surface area contributed by atoms with E-state index in [1.807, 2.05) is 31.2 Å². The summed E-state index contributed by atoms with van der Waals surface area (Å²) >= 11 is 0. The first-order chi connectivity index (χ1) is 7.31. The molecule has 1 aromatic carbocycles. The van der Waals surface area contributed by atoms with Crippen LogP contribution >= 0.6 is 0 Å². The van der Waals surface area contributed by atoms with Crippen molar-refractivity contribution in [1.82, 2.24) is 9.97 Å². The predicted octanol–water partition coefficient (Wildman–Crippen LogP) is 1.82. The Hall–Kier alpha value is -1.39. The van der Waals surface area contributed by atoms with Gasteiger partial charge in [-0.05, 0) is 19.1 Å². The van der Waals surface area contributed by atoms with Crippen LogP contribution in [0.5, 0.6) is 0 Å². The van der Waals surface area contributed by atoms with Gasteiger partial charge in [0.25, 0.3) is 0 Å². The minimum Gasteiger partial charge on any atom is -0.342 e. The van der Waals surface area contributed by atoms with Gasteiger partial charge in [0.15, 0.2) is 12.6 Å². The maximum absolute atomic E-state index is 5.36. The second-order valence-electron chi connectivity index (χ2n) is 3.67. The fraction of sp³-hybridized carbons (Fsp3) is 0.364. The number of benzene rings is 1. The van der Waals surface area contributed by atoms with Crippen molar-refractivity contribution in [2.24, 2.45) is 0 Å². The fourth-order valence-electron chi connectivity index (χ4n) is 1.79. The average Bonchev–Trinajstić information content (AvgIpc) is 2.57. The zero-order valence-corrected chi connectivity index (χ0v) is 8.43. The van der Waals surface area contributed by atoms with E-state index in [0.29, 0.717) is 6.42 Å². The highest BCUT2D eigenvalue weighted by molar-refractivity contribution is 5.74. The Kier molecular flexibility index (Phi) is 1.97. The van der Waals surface area contributed by atoms with Gasteiger partial charge >= 0.3 is 0 Å². The van der Waals surface area contributed by atoms with Crippen LogP contribution in [0.2, 0.25) is 0 Å². The van der Waals surface area contributed by atoms with Gasteiger partial charge in [-0.2, -0.15) is 0 Å². The van der Waals surface area contributed by atoms with E-state index in [1.54, 1.807) is 0 Å². The average molecular weight is 204 g/mol. The highest BCUT2D eigenvalue weighted by Crippen LogP contribution is 2.20. The van der Waals surface area contributed by atoms with Crippen molar-refractivity contribution in [3.05, 3.63) is 30.1 Å². The summed E-state index contributed by atoms with van der Waals surface area (Å²) in [4.78, 5) is 7.68. The molecule has 2 heterocycles. The van der Waals surface area contributed by atoms with Crippen molar-refractivity contribution < 1.29 is 9.47 Å². The minimum absolute atomic E-state index is 0.0700. The third kappa shape index (κ3) is 1.62. The summed E-state index contributed by atoms with van der Waals surface area (Å²) in [6, 6.07) is 7.96. The molecule has 0 amide bonds. The second-order valence-corrected chi connectivity index (χ2v) is 3.67. The van der Waals surface area contributed by atoms with Crippen LogP contribution < -0.4 is 0 Å². The molecule has 1 fully saturated rings. The maximum atomic E-state index is 5.36. The lowest BCUT2D eigenvalue weighted by Crippen LogP contribution is -2.40. The van der Waals surface area contributed by atoms with Crippen LogP contribution in [-0.2, 0) is 15.9 Å². The summed E-state index contributed by atoms with van der Waals surface area (Å²) in [5.74, 6) is 0.910. The van der Waals surface area contributed by atoms with Crippen LogP contribution in [-0.4, -0.2) is 22.5 Å². The monoisotopic (exact) mass is 204 g/mol. The molecule has 1 aliphatic heterocycles. The van der Waals surface area contributed by atoms with E-state index in [9.17, 15) is 0 Å². The standard InChI is InChI=1S/C11H12N2O2/c1-7-14-11(15-7)6-10-12-8-4-2-3-5-9(8)13-10/h2-5,7,11H,6H2,1H3,(H,12,13). The van der Waals surface area contributed by atoms with Gasteiger partial charge < -0.3 is 14.5 Å². The van der Waals surface area contributed by atoms with E-state index < -0.39 is 0 Å². The number of H-pyrrole nitrogens is 1. The van der Waals surface area contributed by atoms with Gasteiger partial charge in [-0.25, -0.2) is 4.98 Å². The minimum atomic E-state index is -0.138. The first kappa shape index (κ1) is 8.88. The molecule has 0 radical (unpaired) electrons. The SMILES string of the molecule is CC1OC(Cc2nc3ccccc3[nH]2)O1. The molecule has 0 unspecified atom stereocenters. The molecule has 0 saturated carbocycles. The highest BCUT2D eigenvalue weighted by Gasteiger charge is 2.27. The summed E-state index contributed by atoms with van der Waals surface area (Å²) in [5, 5.41) is 0. The molecule has 1 aliphatic rings. The highest BCUT2D eigenvalue weighted by atomic mass is 16.9. The number of nitrogens with zero attached hydrogens (tertiary/aromatic N) is 1. The van der Waals surface area contributed by atoms with E-state index in [1.165, 1.54) is 0 Å². The zero-order chi connectivity index (χ0) is 10.3. The quantitative estimate of drug-likeness (QED) is 0.811. The summed E-state index contributed by atoms with van der Waals surface area (Å²) < 4.78 is 10.7. The molecule has 15 heavy (non-hydrogen) atoms. The third-order valence-electron chi connectivity index (χ3n) is 2.49.